The van der Waals surface area contributed by atoms with Crippen LogP contribution < -0.4 is 4.90 Å². The van der Waals surface area contributed by atoms with Crippen LogP contribution in [0.15, 0.2) is 67.3 Å². The van der Waals surface area contributed by atoms with E-state index < -0.39 is 0 Å². The van der Waals surface area contributed by atoms with E-state index in [9.17, 15) is 4.79 Å². The molecule has 0 radical (unpaired) electrons. The summed E-state index contributed by atoms with van der Waals surface area (Å²) in [5.74, 6) is 0.546. The number of anilines is 1. The van der Waals surface area contributed by atoms with E-state index in [-0.39, 0.29) is 11.9 Å². The molecule has 150 valence electrons. The average molecular weight is 390 g/mol. The van der Waals surface area contributed by atoms with Crippen LogP contribution >= 0.6 is 0 Å². The molecule has 2 aromatic heterocycles. The first kappa shape index (κ1) is 20.5. The maximum absolute atomic E-state index is 12.7. The zero-order valence-corrected chi connectivity index (χ0v) is 17.2. The van der Waals surface area contributed by atoms with Crippen molar-refractivity contribution >= 4 is 11.9 Å². The highest BCUT2D eigenvalue weighted by Crippen LogP contribution is 2.16. The van der Waals surface area contributed by atoms with Crippen LogP contribution in [0.25, 0.3) is 0 Å². The molecule has 6 nitrogen and oxygen atoms in total. The third-order valence-electron chi connectivity index (χ3n) is 4.79. The fraction of sp³-hybridized carbons (Fsp3) is 0.304. The Hall–Kier alpha value is -3.28. The predicted molar refractivity (Wildman–Crippen MR) is 115 cm³/mol. The normalized spacial score (nSPS) is 10.8. The van der Waals surface area contributed by atoms with E-state index in [1.54, 1.807) is 36.7 Å². The number of likely N-dealkylation sites (N-methyl/N-ethyl adjacent to an activating group) is 1. The molecule has 0 aliphatic rings. The molecular weight excluding hydrogens is 362 g/mol. The molecule has 0 unspecified atom stereocenters. The molecule has 1 aromatic carbocycles. The number of aromatic nitrogens is 3. The summed E-state index contributed by atoms with van der Waals surface area (Å²) in [6.45, 7) is 5.56. The Balaban J connectivity index is 1.65. The van der Waals surface area contributed by atoms with Gasteiger partial charge in [0.05, 0.1) is 5.56 Å². The van der Waals surface area contributed by atoms with Gasteiger partial charge >= 0.3 is 0 Å². The first-order valence-corrected chi connectivity index (χ1v) is 9.81. The number of hydrogen-bond donors (Lipinski definition) is 0. The number of hydrogen-bond acceptors (Lipinski definition) is 5. The number of benzene rings is 1. The minimum absolute atomic E-state index is 0.0789. The lowest BCUT2D eigenvalue weighted by Gasteiger charge is -2.27. The molecule has 0 aliphatic heterocycles. The van der Waals surface area contributed by atoms with Gasteiger partial charge in [-0.3, -0.25) is 9.78 Å². The summed E-state index contributed by atoms with van der Waals surface area (Å²) in [5, 5.41) is 0. The van der Waals surface area contributed by atoms with Gasteiger partial charge < -0.3 is 9.80 Å². The van der Waals surface area contributed by atoms with Gasteiger partial charge in [-0.05, 0) is 43.5 Å². The van der Waals surface area contributed by atoms with Crippen LogP contribution in [0, 0.1) is 0 Å². The van der Waals surface area contributed by atoms with Crippen LogP contribution in [0.5, 0.6) is 0 Å². The average Bonchev–Trinajstić information content (AvgIpc) is 2.76. The van der Waals surface area contributed by atoms with Crippen molar-refractivity contribution < 1.29 is 4.79 Å². The Morgan fingerprint density at radius 2 is 1.62 bits per heavy atom. The van der Waals surface area contributed by atoms with Crippen molar-refractivity contribution in [3.05, 3.63) is 83.9 Å². The van der Waals surface area contributed by atoms with Gasteiger partial charge in [0.25, 0.3) is 5.91 Å². The Morgan fingerprint density at radius 3 is 2.24 bits per heavy atom. The quantitative estimate of drug-likeness (QED) is 0.589. The van der Waals surface area contributed by atoms with Crippen molar-refractivity contribution in [1.29, 1.82) is 0 Å². The number of nitrogens with zero attached hydrogens (tertiary/aromatic N) is 5. The first-order valence-electron chi connectivity index (χ1n) is 9.81. The second kappa shape index (κ2) is 9.78. The molecule has 0 saturated carbocycles. The Bertz CT molecular complexity index is 898. The molecule has 2 heterocycles. The topological polar surface area (TPSA) is 62.2 Å². The fourth-order valence-electron chi connectivity index (χ4n) is 3.01. The van der Waals surface area contributed by atoms with E-state index in [2.05, 4.69) is 45.8 Å². The predicted octanol–water partition coefficient (Wildman–Crippen LogP) is 3.60. The highest BCUT2D eigenvalue weighted by atomic mass is 16.2. The maximum Gasteiger partial charge on any atom is 0.256 e. The molecule has 3 rings (SSSR count). The molecule has 0 saturated heterocycles. The van der Waals surface area contributed by atoms with Gasteiger partial charge in [-0.1, -0.05) is 30.3 Å². The van der Waals surface area contributed by atoms with E-state index in [4.69, 9.17) is 0 Å². The summed E-state index contributed by atoms with van der Waals surface area (Å²) in [4.78, 5) is 29.5. The maximum atomic E-state index is 12.7. The van der Waals surface area contributed by atoms with Crippen molar-refractivity contribution in [2.24, 2.45) is 0 Å². The van der Waals surface area contributed by atoms with Gasteiger partial charge in [0, 0.05) is 51.0 Å². The standard InChI is InChI=1S/C23H27N5O/c1-18(2)28(17-20-7-5-4-6-8-20)23-25-15-21(16-26-23)22(29)27(3)14-11-19-9-12-24-13-10-19/h4-10,12-13,15-16,18H,11,14,17H2,1-3H3. The van der Waals surface area contributed by atoms with Crippen molar-refractivity contribution in [2.75, 3.05) is 18.5 Å². The minimum atomic E-state index is -0.0789. The molecule has 0 bridgehead atoms. The van der Waals surface area contributed by atoms with Crippen LogP contribution in [0.3, 0.4) is 0 Å². The number of carbonyl (C=O) groups is 1. The smallest absolute Gasteiger partial charge is 0.256 e. The second-order valence-electron chi connectivity index (χ2n) is 7.31. The Morgan fingerprint density at radius 1 is 0.966 bits per heavy atom. The molecule has 29 heavy (non-hydrogen) atoms. The summed E-state index contributed by atoms with van der Waals surface area (Å²) < 4.78 is 0. The van der Waals surface area contributed by atoms with Crippen LogP contribution in [0.1, 0.15) is 35.3 Å². The molecule has 0 aliphatic carbocycles. The SMILES string of the molecule is CC(C)N(Cc1ccccc1)c1ncc(C(=O)N(C)CCc2ccncc2)cn1. The molecule has 1 amide bonds. The van der Waals surface area contributed by atoms with Crippen LogP contribution in [-0.2, 0) is 13.0 Å². The molecule has 0 spiro atoms. The van der Waals surface area contributed by atoms with Gasteiger partial charge in [0.2, 0.25) is 5.95 Å². The molecule has 6 heteroatoms. The third-order valence-corrected chi connectivity index (χ3v) is 4.79. The molecule has 0 fully saturated rings. The summed E-state index contributed by atoms with van der Waals surface area (Å²) in [6.07, 6.45) is 7.54. The van der Waals surface area contributed by atoms with Gasteiger partial charge in [-0.2, -0.15) is 0 Å². The largest absolute Gasteiger partial charge is 0.341 e. The fourth-order valence-corrected chi connectivity index (χ4v) is 3.01. The number of pyridine rings is 1. The lowest BCUT2D eigenvalue weighted by molar-refractivity contribution is 0.0796. The highest BCUT2D eigenvalue weighted by molar-refractivity contribution is 5.93. The van der Waals surface area contributed by atoms with Crippen molar-refractivity contribution in [2.45, 2.75) is 32.9 Å². The number of amides is 1. The zero-order valence-electron chi connectivity index (χ0n) is 17.2. The van der Waals surface area contributed by atoms with E-state index in [0.29, 0.717) is 18.1 Å². The van der Waals surface area contributed by atoms with E-state index in [1.165, 1.54) is 5.56 Å². The van der Waals surface area contributed by atoms with Crippen molar-refractivity contribution in [3.8, 4) is 0 Å². The summed E-state index contributed by atoms with van der Waals surface area (Å²) in [5.41, 5.74) is 2.84. The van der Waals surface area contributed by atoms with Crippen molar-refractivity contribution in [3.63, 3.8) is 0 Å². The molecule has 3 aromatic rings. The zero-order chi connectivity index (χ0) is 20.6. The van der Waals surface area contributed by atoms with E-state index in [1.807, 2.05) is 30.3 Å². The third kappa shape index (κ3) is 5.60. The number of carbonyl (C=O) groups excluding carboxylic acids is 1. The van der Waals surface area contributed by atoms with Crippen LogP contribution in [-0.4, -0.2) is 45.4 Å². The highest BCUT2D eigenvalue weighted by Gasteiger charge is 2.17. The number of rotatable bonds is 8. The van der Waals surface area contributed by atoms with Gasteiger partial charge in [0.15, 0.2) is 0 Å². The van der Waals surface area contributed by atoms with E-state index in [0.717, 1.165) is 18.5 Å². The second-order valence-corrected chi connectivity index (χ2v) is 7.31. The van der Waals surface area contributed by atoms with Crippen LogP contribution in [0.2, 0.25) is 0 Å². The van der Waals surface area contributed by atoms with E-state index >= 15 is 0 Å². The van der Waals surface area contributed by atoms with Crippen molar-refractivity contribution in [1.82, 2.24) is 19.9 Å². The molecule has 0 N–H and O–H groups in total. The van der Waals surface area contributed by atoms with Crippen LogP contribution in [0.4, 0.5) is 5.95 Å². The molecule has 0 atom stereocenters. The summed E-state index contributed by atoms with van der Waals surface area (Å²) >= 11 is 0. The summed E-state index contributed by atoms with van der Waals surface area (Å²) in [7, 11) is 1.80. The van der Waals surface area contributed by atoms with Gasteiger partial charge in [-0.25, -0.2) is 9.97 Å². The summed E-state index contributed by atoms with van der Waals surface area (Å²) in [6, 6.07) is 14.4. The van der Waals surface area contributed by atoms with Gasteiger partial charge in [-0.15, -0.1) is 0 Å². The minimum Gasteiger partial charge on any atom is -0.341 e. The Labute approximate surface area is 172 Å². The monoisotopic (exact) mass is 389 g/mol. The lowest BCUT2D eigenvalue weighted by atomic mass is 10.2. The molecular formula is C23H27N5O. The Kier molecular flexibility index (Phi) is 6.89. The van der Waals surface area contributed by atoms with Gasteiger partial charge in [0.1, 0.15) is 0 Å². The first-order chi connectivity index (χ1) is 14.0. The lowest BCUT2D eigenvalue weighted by Crippen LogP contribution is -2.32.